The monoisotopic (exact) mass is 294 g/mol. The maximum absolute atomic E-state index is 12.1. The number of anilines is 1. The Balaban J connectivity index is 2.15. The predicted octanol–water partition coefficient (Wildman–Crippen LogP) is 0.546. The summed E-state index contributed by atoms with van der Waals surface area (Å²) in [7, 11) is -2.27. The second-order valence-electron chi connectivity index (χ2n) is 3.93. The van der Waals surface area contributed by atoms with Gasteiger partial charge in [-0.05, 0) is 23.8 Å². The molecular formula is C12H14N4O3S. The van der Waals surface area contributed by atoms with Crippen LogP contribution >= 0.6 is 0 Å². The number of rotatable bonds is 5. The number of sulfonamides is 1. The maximum atomic E-state index is 12.1. The largest absolute Gasteiger partial charge is 0.481 e. The van der Waals surface area contributed by atoms with Gasteiger partial charge in [0.25, 0.3) is 10.0 Å². The average Bonchev–Trinajstić information content (AvgIpc) is 2.46. The van der Waals surface area contributed by atoms with E-state index in [2.05, 4.69) is 14.7 Å². The van der Waals surface area contributed by atoms with Crippen LogP contribution in [-0.2, 0) is 16.6 Å². The van der Waals surface area contributed by atoms with Crippen LogP contribution in [0.25, 0.3) is 0 Å². The third kappa shape index (κ3) is 3.22. The van der Waals surface area contributed by atoms with Crippen LogP contribution in [0.3, 0.4) is 0 Å². The van der Waals surface area contributed by atoms with Crippen molar-refractivity contribution in [2.75, 3.05) is 12.8 Å². The molecule has 8 heteroatoms. The summed E-state index contributed by atoms with van der Waals surface area (Å²) >= 11 is 0. The van der Waals surface area contributed by atoms with Crippen molar-refractivity contribution < 1.29 is 13.2 Å². The number of methoxy groups -OCH3 is 1. The first-order chi connectivity index (χ1) is 9.53. The summed E-state index contributed by atoms with van der Waals surface area (Å²) in [4.78, 5) is 7.73. The van der Waals surface area contributed by atoms with Gasteiger partial charge in [-0.2, -0.15) is 0 Å². The Morgan fingerprint density at radius 2 is 2.10 bits per heavy atom. The van der Waals surface area contributed by atoms with Gasteiger partial charge in [-0.3, -0.25) is 0 Å². The lowest BCUT2D eigenvalue weighted by molar-refractivity contribution is 0.397. The molecule has 0 unspecified atom stereocenters. The minimum Gasteiger partial charge on any atom is -0.481 e. The Labute approximate surface area is 116 Å². The molecule has 2 rings (SSSR count). The van der Waals surface area contributed by atoms with Gasteiger partial charge in [-0.15, -0.1) is 0 Å². The highest BCUT2D eigenvalue weighted by molar-refractivity contribution is 7.89. The van der Waals surface area contributed by atoms with Crippen molar-refractivity contribution in [1.29, 1.82) is 0 Å². The number of pyridine rings is 2. The highest BCUT2D eigenvalue weighted by Crippen LogP contribution is 2.15. The standard InChI is InChI=1S/C12H14N4O3S/c1-19-11-7-9(4-6-14-11)8-16-20(17,18)12-10(13)3-2-5-15-12/h2-7,16H,8,13H2,1H3. The predicted molar refractivity (Wildman–Crippen MR) is 73.5 cm³/mol. The second kappa shape index (κ2) is 5.85. The molecule has 0 bridgehead atoms. The lowest BCUT2D eigenvalue weighted by atomic mass is 10.3. The van der Waals surface area contributed by atoms with Gasteiger partial charge in [0, 0.05) is 25.0 Å². The van der Waals surface area contributed by atoms with Gasteiger partial charge >= 0.3 is 0 Å². The zero-order valence-corrected chi connectivity index (χ0v) is 11.6. The van der Waals surface area contributed by atoms with Gasteiger partial charge in [0.2, 0.25) is 5.88 Å². The van der Waals surface area contributed by atoms with Crippen molar-refractivity contribution in [2.45, 2.75) is 11.6 Å². The highest BCUT2D eigenvalue weighted by atomic mass is 32.2. The third-order valence-corrected chi connectivity index (χ3v) is 3.90. The maximum Gasteiger partial charge on any atom is 0.260 e. The molecule has 20 heavy (non-hydrogen) atoms. The van der Waals surface area contributed by atoms with E-state index in [0.29, 0.717) is 5.88 Å². The summed E-state index contributed by atoms with van der Waals surface area (Å²) in [5.41, 5.74) is 6.43. The van der Waals surface area contributed by atoms with Crippen molar-refractivity contribution >= 4 is 15.7 Å². The van der Waals surface area contributed by atoms with E-state index in [4.69, 9.17) is 10.5 Å². The van der Waals surface area contributed by atoms with Crippen molar-refractivity contribution in [3.63, 3.8) is 0 Å². The Morgan fingerprint density at radius 3 is 2.80 bits per heavy atom. The summed E-state index contributed by atoms with van der Waals surface area (Å²) in [6.07, 6.45) is 2.91. The molecule has 106 valence electrons. The number of hydrogen-bond donors (Lipinski definition) is 2. The van der Waals surface area contributed by atoms with Gasteiger partial charge in [0.1, 0.15) is 0 Å². The zero-order valence-electron chi connectivity index (χ0n) is 10.8. The molecule has 0 amide bonds. The van der Waals surface area contributed by atoms with Gasteiger partial charge < -0.3 is 10.5 Å². The Bertz CT molecular complexity index is 703. The van der Waals surface area contributed by atoms with E-state index in [-0.39, 0.29) is 17.3 Å². The van der Waals surface area contributed by atoms with Crippen LogP contribution in [0, 0.1) is 0 Å². The quantitative estimate of drug-likeness (QED) is 0.833. The molecule has 2 heterocycles. The normalized spacial score (nSPS) is 11.2. The molecule has 0 saturated heterocycles. The van der Waals surface area contributed by atoms with Crippen molar-refractivity contribution in [1.82, 2.24) is 14.7 Å². The number of nitrogens with one attached hydrogen (secondary N) is 1. The zero-order chi connectivity index (χ0) is 14.6. The first kappa shape index (κ1) is 14.2. The van der Waals surface area contributed by atoms with Gasteiger partial charge in [0.05, 0.1) is 12.8 Å². The van der Waals surface area contributed by atoms with Crippen molar-refractivity contribution in [3.05, 3.63) is 42.2 Å². The SMILES string of the molecule is COc1cc(CNS(=O)(=O)c2ncccc2N)ccn1. The average molecular weight is 294 g/mol. The summed E-state index contributed by atoms with van der Waals surface area (Å²) < 4.78 is 31.6. The van der Waals surface area contributed by atoms with Crippen LogP contribution in [0.5, 0.6) is 5.88 Å². The van der Waals surface area contributed by atoms with Crippen molar-refractivity contribution in [3.8, 4) is 5.88 Å². The van der Waals surface area contributed by atoms with E-state index in [1.54, 1.807) is 18.2 Å². The highest BCUT2D eigenvalue weighted by Gasteiger charge is 2.18. The number of aromatic nitrogens is 2. The summed E-state index contributed by atoms with van der Waals surface area (Å²) in [6.45, 7) is 0.0945. The molecule has 0 aliphatic carbocycles. The molecule has 0 fully saturated rings. The van der Waals surface area contributed by atoms with Gasteiger partial charge in [-0.1, -0.05) is 0 Å². The molecule has 7 nitrogen and oxygen atoms in total. The van der Waals surface area contributed by atoms with E-state index >= 15 is 0 Å². The molecule has 0 atom stereocenters. The molecule has 0 aliphatic heterocycles. The Hall–Kier alpha value is -2.19. The molecule has 0 radical (unpaired) electrons. The fourth-order valence-electron chi connectivity index (χ4n) is 1.55. The van der Waals surface area contributed by atoms with E-state index in [0.717, 1.165) is 5.56 Å². The van der Waals surface area contributed by atoms with E-state index in [1.807, 2.05) is 0 Å². The smallest absolute Gasteiger partial charge is 0.260 e. The summed E-state index contributed by atoms with van der Waals surface area (Å²) in [5.74, 6) is 0.416. The lowest BCUT2D eigenvalue weighted by Crippen LogP contribution is -2.25. The third-order valence-electron chi connectivity index (χ3n) is 2.53. The molecule has 0 spiro atoms. The fraction of sp³-hybridized carbons (Fsp3) is 0.167. The van der Waals surface area contributed by atoms with Gasteiger partial charge in [-0.25, -0.2) is 23.1 Å². The van der Waals surface area contributed by atoms with Gasteiger partial charge in [0.15, 0.2) is 5.03 Å². The number of ether oxygens (including phenoxy) is 1. The molecular weight excluding hydrogens is 280 g/mol. The molecule has 2 aromatic rings. The van der Waals surface area contributed by atoms with Crippen LogP contribution in [0.2, 0.25) is 0 Å². The summed E-state index contributed by atoms with van der Waals surface area (Å²) in [5, 5.41) is -0.180. The number of hydrogen-bond acceptors (Lipinski definition) is 6. The molecule has 2 aromatic heterocycles. The molecule has 0 aliphatic rings. The van der Waals surface area contributed by atoms with Crippen LogP contribution in [0.15, 0.2) is 41.7 Å². The minimum atomic E-state index is -3.76. The van der Waals surface area contributed by atoms with E-state index in [9.17, 15) is 8.42 Å². The number of nitrogens with zero attached hydrogens (tertiary/aromatic N) is 2. The van der Waals surface area contributed by atoms with Crippen LogP contribution in [0.4, 0.5) is 5.69 Å². The lowest BCUT2D eigenvalue weighted by Gasteiger charge is -2.08. The molecule has 0 aromatic carbocycles. The minimum absolute atomic E-state index is 0.0945. The molecule has 0 saturated carbocycles. The first-order valence-electron chi connectivity index (χ1n) is 5.72. The summed E-state index contributed by atoms with van der Waals surface area (Å²) in [6, 6.07) is 6.39. The Morgan fingerprint density at radius 1 is 1.30 bits per heavy atom. The van der Waals surface area contributed by atoms with Crippen LogP contribution in [-0.4, -0.2) is 25.5 Å². The number of nitrogen functional groups attached to an aromatic ring is 1. The first-order valence-corrected chi connectivity index (χ1v) is 7.20. The van der Waals surface area contributed by atoms with Crippen LogP contribution < -0.4 is 15.2 Å². The second-order valence-corrected chi connectivity index (χ2v) is 5.61. The fourth-order valence-corrected chi connectivity index (χ4v) is 2.62. The Kier molecular flexibility index (Phi) is 4.16. The van der Waals surface area contributed by atoms with Crippen LogP contribution in [0.1, 0.15) is 5.56 Å². The van der Waals surface area contributed by atoms with E-state index in [1.165, 1.54) is 25.6 Å². The van der Waals surface area contributed by atoms with E-state index < -0.39 is 10.0 Å². The number of nitrogens with two attached hydrogens (primary N) is 1. The van der Waals surface area contributed by atoms with Crippen molar-refractivity contribution in [2.24, 2.45) is 0 Å². The molecule has 3 N–H and O–H groups in total. The topological polar surface area (TPSA) is 107 Å².